The molecule has 0 spiro atoms. The van der Waals surface area contributed by atoms with Gasteiger partial charge in [0.15, 0.2) is 5.78 Å². The maximum atomic E-state index is 12.2. The van der Waals surface area contributed by atoms with Crippen molar-refractivity contribution in [1.82, 2.24) is 0 Å². The monoisotopic (exact) mass is 298 g/mol. The first-order chi connectivity index (χ1) is 10.1. The lowest BCUT2D eigenvalue weighted by Crippen LogP contribution is -2.27. The van der Waals surface area contributed by atoms with Gasteiger partial charge in [-0.3, -0.25) is 4.79 Å². The summed E-state index contributed by atoms with van der Waals surface area (Å²) in [6, 6.07) is 15.2. The van der Waals surface area contributed by atoms with E-state index in [1.807, 2.05) is 37.3 Å². The summed E-state index contributed by atoms with van der Waals surface area (Å²) < 4.78 is 5.94. The van der Waals surface area contributed by atoms with Gasteiger partial charge in [-0.2, -0.15) is 0 Å². The van der Waals surface area contributed by atoms with Crippen LogP contribution in [0.25, 0.3) is 6.08 Å². The summed E-state index contributed by atoms with van der Waals surface area (Å²) in [6.07, 6.45) is 2.19. The highest BCUT2D eigenvalue weighted by Gasteiger charge is 2.27. The van der Waals surface area contributed by atoms with Gasteiger partial charge in [0.2, 0.25) is 0 Å². The van der Waals surface area contributed by atoms with E-state index in [1.165, 1.54) is 0 Å². The summed E-state index contributed by atoms with van der Waals surface area (Å²) in [4.78, 5) is 12.2. The number of benzene rings is 2. The highest BCUT2D eigenvalue weighted by atomic mass is 35.5. The van der Waals surface area contributed by atoms with Gasteiger partial charge in [-0.15, -0.1) is 0 Å². The van der Waals surface area contributed by atoms with Crippen LogP contribution in [0.4, 0.5) is 0 Å². The summed E-state index contributed by atoms with van der Waals surface area (Å²) in [5.41, 5.74) is 2.72. The smallest absolute Gasteiger partial charge is 0.170 e. The van der Waals surface area contributed by atoms with Crippen molar-refractivity contribution in [1.29, 1.82) is 0 Å². The lowest BCUT2D eigenvalue weighted by Gasteiger charge is -2.26. The Morgan fingerprint density at radius 2 is 2.00 bits per heavy atom. The molecule has 0 saturated carbocycles. The molecule has 0 aliphatic carbocycles. The van der Waals surface area contributed by atoms with Gasteiger partial charge < -0.3 is 4.74 Å². The van der Waals surface area contributed by atoms with Gasteiger partial charge in [0, 0.05) is 5.02 Å². The van der Waals surface area contributed by atoms with E-state index in [4.69, 9.17) is 16.3 Å². The third kappa shape index (κ3) is 3.01. The fourth-order valence-electron chi connectivity index (χ4n) is 2.46. The van der Waals surface area contributed by atoms with Gasteiger partial charge in [-0.1, -0.05) is 48.0 Å². The zero-order chi connectivity index (χ0) is 14.8. The van der Waals surface area contributed by atoms with Crippen molar-refractivity contribution in [3.05, 3.63) is 70.3 Å². The molecular formula is C18H15ClO2. The fraction of sp³-hybridized carbons (Fsp3) is 0.167. The van der Waals surface area contributed by atoms with Crippen molar-refractivity contribution >= 4 is 23.5 Å². The van der Waals surface area contributed by atoms with E-state index in [0.29, 0.717) is 22.8 Å². The van der Waals surface area contributed by atoms with Crippen LogP contribution in [0.2, 0.25) is 5.02 Å². The average Bonchev–Trinajstić information content (AvgIpc) is 2.49. The molecule has 1 heterocycles. The molecule has 0 bridgehead atoms. The molecule has 1 aliphatic heterocycles. The Morgan fingerprint density at radius 3 is 2.76 bits per heavy atom. The van der Waals surface area contributed by atoms with E-state index in [-0.39, 0.29) is 11.9 Å². The Bertz CT molecular complexity index is 704. The van der Waals surface area contributed by atoms with Crippen LogP contribution in [0.5, 0.6) is 5.75 Å². The summed E-state index contributed by atoms with van der Waals surface area (Å²) >= 11 is 5.93. The number of carbonyl (C=O) groups is 1. The molecule has 0 radical (unpaired) electrons. The van der Waals surface area contributed by atoms with Crippen LogP contribution in [0, 0.1) is 0 Å². The number of hydrogen-bond donors (Lipinski definition) is 0. The first kappa shape index (κ1) is 13.9. The molecule has 0 amide bonds. The Hall–Kier alpha value is -2.06. The minimum atomic E-state index is -0.216. The summed E-state index contributed by atoms with van der Waals surface area (Å²) in [5, 5.41) is 0.556. The molecule has 21 heavy (non-hydrogen) atoms. The van der Waals surface area contributed by atoms with Crippen molar-refractivity contribution in [3.8, 4) is 5.75 Å². The largest absolute Gasteiger partial charge is 0.485 e. The lowest BCUT2D eigenvalue weighted by molar-refractivity contribution is 0.0885. The minimum absolute atomic E-state index is 0.0737. The van der Waals surface area contributed by atoms with E-state index in [1.54, 1.807) is 18.2 Å². The predicted octanol–water partition coefficient (Wildman–Crippen LogP) is 4.78. The quantitative estimate of drug-likeness (QED) is 0.797. The van der Waals surface area contributed by atoms with E-state index in [2.05, 4.69) is 6.08 Å². The van der Waals surface area contributed by atoms with Gasteiger partial charge in [0.1, 0.15) is 11.9 Å². The van der Waals surface area contributed by atoms with Crippen LogP contribution in [-0.2, 0) is 0 Å². The maximum Gasteiger partial charge on any atom is 0.170 e. The molecule has 0 fully saturated rings. The lowest BCUT2D eigenvalue weighted by atomic mass is 9.96. The number of ketones is 1. The molecule has 3 heteroatoms. The number of fused-ring (bicyclic) bond motifs is 1. The van der Waals surface area contributed by atoms with Gasteiger partial charge in [-0.25, -0.2) is 0 Å². The molecule has 2 aromatic carbocycles. The van der Waals surface area contributed by atoms with Crippen molar-refractivity contribution in [2.24, 2.45) is 0 Å². The van der Waals surface area contributed by atoms with Gasteiger partial charge in [-0.05, 0) is 36.3 Å². The first-order valence-corrected chi connectivity index (χ1v) is 7.24. The predicted molar refractivity (Wildman–Crippen MR) is 84.9 cm³/mol. The molecular weight excluding hydrogens is 284 g/mol. The normalized spacial score (nSPS) is 18.1. The highest BCUT2D eigenvalue weighted by Crippen LogP contribution is 2.32. The van der Waals surface area contributed by atoms with Crippen LogP contribution in [-0.4, -0.2) is 11.9 Å². The Balaban J connectivity index is 1.87. The van der Waals surface area contributed by atoms with E-state index in [0.717, 1.165) is 11.1 Å². The fourth-order valence-corrected chi connectivity index (χ4v) is 2.63. The molecule has 0 saturated heterocycles. The zero-order valence-electron chi connectivity index (χ0n) is 11.7. The molecule has 0 N–H and O–H groups in total. The second kappa shape index (κ2) is 5.74. The second-order valence-corrected chi connectivity index (χ2v) is 5.61. The Labute approximate surface area is 129 Å². The van der Waals surface area contributed by atoms with Crippen molar-refractivity contribution in [3.63, 3.8) is 0 Å². The summed E-state index contributed by atoms with van der Waals surface area (Å²) in [5.74, 6) is 0.686. The second-order valence-electron chi connectivity index (χ2n) is 5.17. The number of halogens is 1. The van der Waals surface area contributed by atoms with Crippen molar-refractivity contribution in [2.45, 2.75) is 19.4 Å². The third-order valence-electron chi connectivity index (χ3n) is 3.58. The van der Waals surface area contributed by atoms with E-state index < -0.39 is 0 Å². The van der Waals surface area contributed by atoms with Gasteiger partial charge >= 0.3 is 0 Å². The number of carbonyl (C=O) groups excluding carboxylic acids is 1. The highest BCUT2D eigenvalue weighted by molar-refractivity contribution is 6.31. The minimum Gasteiger partial charge on any atom is -0.485 e. The average molecular weight is 299 g/mol. The van der Waals surface area contributed by atoms with Crippen LogP contribution in [0.1, 0.15) is 29.3 Å². The standard InChI is InChI=1S/C18H15ClO2/c1-12(9-13-5-3-2-4-6-13)18-11-16(20)15-10-14(19)7-8-17(15)21-18/h2-10,18H,11H2,1H3/b12-9+/t18-/m0/s1. The number of hydrogen-bond acceptors (Lipinski definition) is 2. The van der Waals surface area contributed by atoms with Crippen LogP contribution >= 0.6 is 11.6 Å². The van der Waals surface area contributed by atoms with E-state index >= 15 is 0 Å². The molecule has 2 nitrogen and oxygen atoms in total. The Morgan fingerprint density at radius 1 is 1.24 bits per heavy atom. The first-order valence-electron chi connectivity index (χ1n) is 6.86. The number of Topliss-reactive ketones (excluding diaryl/α,β-unsaturated/α-hetero) is 1. The number of rotatable bonds is 2. The third-order valence-corrected chi connectivity index (χ3v) is 3.82. The molecule has 106 valence electrons. The topological polar surface area (TPSA) is 26.3 Å². The Kier molecular flexibility index (Phi) is 3.80. The van der Waals surface area contributed by atoms with Gasteiger partial charge in [0.25, 0.3) is 0 Å². The van der Waals surface area contributed by atoms with E-state index in [9.17, 15) is 4.79 Å². The molecule has 2 aromatic rings. The zero-order valence-corrected chi connectivity index (χ0v) is 12.4. The number of ether oxygens (including phenoxy) is 1. The summed E-state index contributed by atoms with van der Waals surface area (Å²) in [7, 11) is 0. The molecule has 0 unspecified atom stereocenters. The molecule has 1 atom stereocenters. The molecule has 0 aromatic heterocycles. The van der Waals surface area contributed by atoms with Crippen LogP contribution < -0.4 is 4.74 Å². The van der Waals surface area contributed by atoms with Crippen LogP contribution in [0.15, 0.2) is 54.1 Å². The maximum absolute atomic E-state index is 12.2. The SMILES string of the molecule is C/C(=C\c1ccccc1)[C@@H]1CC(=O)c2cc(Cl)ccc2O1. The van der Waals surface area contributed by atoms with Gasteiger partial charge in [0.05, 0.1) is 12.0 Å². The van der Waals surface area contributed by atoms with Crippen molar-refractivity contribution in [2.75, 3.05) is 0 Å². The van der Waals surface area contributed by atoms with Crippen LogP contribution in [0.3, 0.4) is 0 Å². The molecule has 3 rings (SSSR count). The summed E-state index contributed by atoms with van der Waals surface area (Å²) in [6.45, 7) is 1.99. The molecule has 1 aliphatic rings. The van der Waals surface area contributed by atoms with Crippen molar-refractivity contribution < 1.29 is 9.53 Å².